The molecule has 0 fully saturated rings. The zero-order valence-electron chi connectivity index (χ0n) is 53.1. The van der Waals surface area contributed by atoms with Gasteiger partial charge in [0.25, 0.3) is 6.71 Å². The minimum absolute atomic E-state index is 0.0277. The van der Waals surface area contributed by atoms with Crippen molar-refractivity contribution in [2.45, 2.75) is 105 Å². The van der Waals surface area contributed by atoms with Gasteiger partial charge in [0.05, 0.1) is 39.4 Å². The number of rotatable bonds is 6. The molecule has 89 heavy (non-hydrogen) atoms. The second kappa shape index (κ2) is 20.1. The van der Waals surface area contributed by atoms with E-state index in [1.165, 1.54) is 49.3 Å². The summed E-state index contributed by atoms with van der Waals surface area (Å²) in [6, 6.07) is 85.9. The largest absolute Gasteiger partial charge is 0.458 e. The highest BCUT2D eigenvalue weighted by Crippen LogP contribution is 2.51. The second-order valence-electron chi connectivity index (χ2n) is 29.0. The maximum absolute atomic E-state index is 10.4. The van der Waals surface area contributed by atoms with Gasteiger partial charge in [-0.2, -0.15) is 5.26 Å². The quantitative estimate of drug-likeness (QED) is 0.156. The maximum Gasteiger partial charge on any atom is 0.256 e. The fourth-order valence-corrected chi connectivity index (χ4v) is 14.1. The van der Waals surface area contributed by atoms with Crippen molar-refractivity contribution in [3.8, 4) is 62.3 Å². The van der Waals surface area contributed by atoms with Gasteiger partial charge in [0, 0.05) is 61.5 Å². The van der Waals surface area contributed by atoms with Gasteiger partial charge in [-0.15, -0.1) is 0 Å². The van der Waals surface area contributed by atoms with E-state index in [1.807, 2.05) is 18.2 Å². The summed E-state index contributed by atoms with van der Waals surface area (Å²) >= 11 is 0. The first kappa shape index (κ1) is 55.7. The van der Waals surface area contributed by atoms with Crippen molar-refractivity contribution in [2.24, 2.45) is 0 Å². The number of aromatic nitrogens is 2. The van der Waals surface area contributed by atoms with Gasteiger partial charge in [-0.05, 0) is 174 Å². The summed E-state index contributed by atoms with van der Waals surface area (Å²) < 4.78 is 12.5. The molecule has 0 spiro atoms. The fraction of sp³-hybridized carbons (Fsp3) is 0.193. The predicted octanol–water partition coefficient (Wildman–Crippen LogP) is 20.3. The molecular formula is C83H73BN4O. The molecule has 2 aromatic heterocycles. The van der Waals surface area contributed by atoms with Crippen LogP contribution in [-0.4, -0.2) is 15.8 Å². The first-order valence-corrected chi connectivity index (χ1v) is 31.5. The van der Waals surface area contributed by atoms with Crippen molar-refractivity contribution in [1.82, 2.24) is 9.13 Å². The molecule has 6 heteroatoms. The zero-order chi connectivity index (χ0) is 61.6. The third-order valence-electron chi connectivity index (χ3n) is 19.0. The average Bonchev–Trinajstić information content (AvgIpc) is 0.834. The van der Waals surface area contributed by atoms with Crippen molar-refractivity contribution in [3.63, 3.8) is 0 Å². The minimum Gasteiger partial charge on any atom is -0.458 e. The van der Waals surface area contributed by atoms with E-state index < -0.39 is 0 Å². The smallest absolute Gasteiger partial charge is 0.256 e. The Kier molecular flexibility index (Phi) is 12.6. The van der Waals surface area contributed by atoms with E-state index in [4.69, 9.17) is 4.74 Å². The van der Waals surface area contributed by atoms with E-state index >= 15 is 0 Å². The van der Waals surface area contributed by atoms with E-state index in [1.54, 1.807) is 0 Å². The maximum atomic E-state index is 10.4. The Balaban J connectivity index is 1.04. The zero-order valence-corrected chi connectivity index (χ0v) is 53.1. The monoisotopic (exact) mass is 1150 g/mol. The van der Waals surface area contributed by atoms with Crippen LogP contribution in [-0.2, 0) is 21.7 Å². The molecular weight excluding hydrogens is 1080 g/mol. The van der Waals surface area contributed by atoms with Gasteiger partial charge in [0.1, 0.15) is 11.5 Å². The number of nitrogens with zero attached hydrogens (tertiary/aromatic N) is 4. The van der Waals surface area contributed by atoms with Gasteiger partial charge in [0.15, 0.2) is 0 Å². The lowest BCUT2D eigenvalue weighted by Gasteiger charge is -2.42. The summed E-state index contributed by atoms with van der Waals surface area (Å²) in [5.74, 6) is 1.59. The van der Waals surface area contributed by atoms with Gasteiger partial charge in [-0.1, -0.05) is 210 Å². The van der Waals surface area contributed by atoms with Crippen molar-refractivity contribution < 1.29 is 4.74 Å². The Morgan fingerprint density at radius 1 is 0.360 bits per heavy atom. The molecule has 0 saturated heterocycles. The lowest BCUT2D eigenvalue weighted by molar-refractivity contribution is 0.487. The highest BCUT2D eigenvalue weighted by Gasteiger charge is 2.44. The highest BCUT2D eigenvalue weighted by molar-refractivity contribution is 6.99. The SMILES string of the molecule is CC(C)(C)c1ccc2c(c1)c1cc(C(C)(C)C)ccc1n2-c1ccc2c(c1)Oc1cc(-c3cccc(C#N)c3)cc3c1B2c1ccc(-n2c4ccc(C(C)(C)C)cc4c4cc(C(C)(C)C)ccc42)cc1N3c1c(-c2ccccc2)cccc1-c1ccccc1. The fourth-order valence-electron chi connectivity index (χ4n) is 14.1. The first-order valence-electron chi connectivity index (χ1n) is 31.5. The molecule has 11 aromatic carbocycles. The standard InChI is InChI=1S/C83H73BN4O/c1-80(2,3)56-29-37-70-64(44-56)65-45-57(81(4,5)6)30-38-71(65)86(70)60-33-35-68-74(48-60)88(79-62(52-22-15-13-16-23-52)27-20-28-63(79)53-24-17-14-18-25-53)75-42-55(54-26-19-21-51(41-54)50-85)43-77-78(75)84(68)69-36-34-61(49-76(69)89-77)87-72-39-31-58(82(7,8)9)46-66(72)67-47-59(83(10,11)12)32-40-73(67)87/h13-49H,1-12H3. The third-order valence-corrected chi connectivity index (χ3v) is 19.0. The molecule has 13 aromatic rings. The summed E-state index contributed by atoms with van der Waals surface area (Å²) in [4.78, 5) is 2.55. The van der Waals surface area contributed by atoms with Gasteiger partial charge < -0.3 is 18.8 Å². The molecule has 4 heterocycles. The number of para-hydroxylation sites is 1. The number of benzene rings is 11. The van der Waals surface area contributed by atoms with Gasteiger partial charge in [-0.3, -0.25) is 0 Å². The normalized spacial score (nSPS) is 13.2. The lowest BCUT2D eigenvalue weighted by atomic mass is 9.34. The Morgan fingerprint density at radius 3 is 1.26 bits per heavy atom. The van der Waals surface area contributed by atoms with Gasteiger partial charge >= 0.3 is 0 Å². The molecule has 0 unspecified atom stereocenters. The minimum atomic E-state index is -0.231. The molecule has 0 amide bonds. The Labute approximate surface area is 524 Å². The molecule has 0 N–H and O–H groups in total. The van der Waals surface area contributed by atoms with Gasteiger partial charge in [0.2, 0.25) is 0 Å². The van der Waals surface area contributed by atoms with Crippen molar-refractivity contribution in [1.29, 1.82) is 5.26 Å². The third kappa shape index (κ3) is 9.19. The summed E-state index contributed by atoms with van der Waals surface area (Å²) in [5.41, 5.74) is 25.3. The Hall–Kier alpha value is -9.83. The van der Waals surface area contributed by atoms with Crippen molar-refractivity contribution >= 4 is 83.8 Å². The van der Waals surface area contributed by atoms with Gasteiger partial charge in [-0.25, -0.2) is 0 Å². The molecule has 2 aliphatic heterocycles. The molecule has 15 rings (SSSR count). The number of anilines is 3. The van der Waals surface area contributed by atoms with Crippen molar-refractivity contribution in [3.05, 3.63) is 252 Å². The van der Waals surface area contributed by atoms with Crippen LogP contribution in [0, 0.1) is 11.3 Å². The van der Waals surface area contributed by atoms with Crippen LogP contribution in [0.2, 0.25) is 0 Å². The van der Waals surface area contributed by atoms with Crippen LogP contribution in [0.25, 0.3) is 88.4 Å². The number of hydrogen-bond donors (Lipinski definition) is 0. The van der Waals surface area contributed by atoms with E-state index in [2.05, 4.69) is 309 Å². The molecule has 2 aliphatic rings. The first-order chi connectivity index (χ1) is 42.6. The van der Waals surface area contributed by atoms with E-state index in [9.17, 15) is 5.26 Å². The second-order valence-corrected chi connectivity index (χ2v) is 29.0. The van der Waals surface area contributed by atoms with Crippen LogP contribution in [0.5, 0.6) is 11.5 Å². The lowest BCUT2D eigenvalue weighted by Crippen LogP contribution is -2.59. The van der Waals surface area contributed by atoms with E-state index in [-0.39, 0.29) is 28.4 Å². The van der Waals surface area contributed by atoms with Crippen LogP contribution in [0.15, 0.2) is 224 Å². The van der Waals surface area contributed by atoms with E-state index in [0.29, 0.717) is 5.56 Å². The van der Waals surface area contributed by atoms with Crippen LogP contribution in [0.4, 0.5) is 17.1 Å². The predicted molar refractivity (Wildman–Crippen MR) is 377 cm³/mol. The summed E-state index contributed by atoms with van der Waals surface area (Å²) in [7, 11) is 0. The molecule has 0 aliphatic carbocycles. The molecule has 5 nitrogen and oxygen atoms in total. The van der Waals surface area contributed by atoms with Crippen LogP contribution in [0.3, 0.4) is 0 Å². The molecule has 0 bridgehead atoms. The number of ether oxygens (including phenoxy) is 1. The molecule has 0 atom stereocenters. The summed E-state index contributed by atoms with van der Waals surface area (Å²) in [6.45, 7) is 27.4. The van der Waals surface area contributed by atoms with E-state index in [0.717, 1.165) is 106 Å². The molecule has 0 saturated carbocycles. The topological polar surface area (TPSA) is 46.1 Å². The number of fused-ring (bicyclic) bond motifs is 10. The Bertz CT molecular complexity index is 4900. The highest BCUT2D eigenvalue weighted by atomic mass is 16.5. The molecule has 434 valence electrons. The summed E-state index contributed by atoms with van der Waals surface area (Å²) in [5, 5.41) is 15.4. The Morgan fingerprint density at radius 2 is 0.798 bits per heavy atom. The van der Waals surface area contributed by atoms with Crippen LogP contribution >= 0.6 is 0 Å². The van der Waals surface area contributed by atoms with Crippen LogP contribution in [0.1, 0.15) is 111 Å². The van der Waals surface area contributed by atoms with Crippen molar-refractivity contribution in [2.75, 3.05) is 4.90 Å². The summed E-state index contributed by atoms with van der Waals surface area (Å²) in [6.07, 6.45) is 0. The van der Waals surface area contributed by atoms with Crippen LogP contribution < -0.4 is 26.0 Å². The number of hydrogen-bond acceptors (Lipinski definition) is 3. The molecule has 0 radical (unpaired) electrons. The average molecular weight is 1150 g/mol. The number of nitriles is 1.